The quantitative estimate of drug-likeness (QED) is 0.718. The van der Waals surface area contributed by atoms with Crippen molar-refractivity contribution >= 4 is 0 Å². The highest BCUT2D eigenvalue weighted by Crippen LogP contribution is 2.09. The lowest BCUT2D eigenvalue weighted by Gasteiger charge is -2.04. The van der Waals surface area contributed by atoms with Gasteiger partial charge in [0, 0.05) is 6.07 Å². The number of hydrogen-bond donors (Lipinski definition) is 1. The summed E-state index contributed by atoms with van der Waals surface area (Å²) < 4.78 is 25.6. The van der Waals surface area contributed by atoms with Crippen molar-refractivity contribution in [3.05, 3.63) is 35.4 Å². The molecule has 0 atom stereocenters. The van der Waals surface area contributed by atoms with Crippen molar-refractivity contribution in [3.63, 3.8) is 0 Å². The van der Waals surface area contributed by atoms with Crippen LogP contribution in [0.4, 0.5) is 8.78 Å². The Bertz CT molecular complexity index is 287. The highest BCUT2D eigenvalue weighted by atomic mass is 19.1. The molecule has 1 rings (SSSR count). The van der Waals surface area contributed by atoms with Gasteiger partial charge in [-0.1, -0.05) is 13.0 Å². The lowest BCUT2D eigenvalue weighted by molar-refractivity contribution is 0.566. The zero-order chi connectivity index (χ0) is 10.4. The van der Waals surface area contributed by atoms with Crippen molar-refractivity contribution in [1.29, 1.82) is 0 Å². The lowest BCUT2D eigenvalue weighted by Crippen LogP contribution is -2.18. The first-order chi connectivity index (χ1) is 6.74. The Kier molecular flexibility index (Phi) is 4.53. The maximum Gasteiger partial charge on any atom is 0.129 e. The van der Waals surface area contributed by atoms with Crippen molar-refractivity contribution < 1.29 is 8.78 Å². The van der Waals surface area contributed by atoms with Gasteiger partial charge >= 0.3 is 0 Å². The van der Waals surface area contributed by atoms with Crippen molar-refractivity contribution in [2.75, 3.05) is 13.1 Å². The first-order valence-corrected chi connectivity index (χ1v) is 4.88. The van der Waals surface area contributed by atoms with Crippen LogP contribution in [-0.2, 0) is 6.42 Å². The van der Waals surface area contributed by atoms with E-state index in [2.05, 4.69) is 12.2 Å². The van der Waals surface area contributed by atoms with E-state index in [9.17, 15) is 8.78 Å². The zero-order valence-corrected chi connectivity index (χ0v) is 8.32. The average molecular weight is 199 g/mol. The summed E-state index contributed by atoms with van der Waals surface area (Å²) in [6.45, 7) is 3.74. The first kappa shape index (κ1) is 11.1. The Balaban J connectivity index is 2.42. The zero-order valence-electron chi connectivity index (χ0n) is 8.32. The summed E-state index contributed by atoms with van der Waals surface area (Å²) in [5, 5.41) is 3.16. The molecule has 0 spiro atoms. The molecule has 3 heteroatoms. The summed E-state index contributed by atoms with van der Waals surface area (Å²) in [4.78, 5) is 0. The molecule has 0 aliphatic heterocycles. The number of nitrogens with one attached hydrogen (secondary N) is 1. The molecule has 14 heavy (non-hydrogen) atoms. The number of benzene rings is 1. The molecule has 0 aromatic heterocycles. The molecule has 78 valence electrons. The van der Waals surface area contributed by atoms with Crippen LogP contribution in [0, 0.1) is 11.6 Å². The highest BCUT2D eigenvalue weighted by Gasteiger charge is 2.02. The maximum atomic E-state index is 13.1. The molecule has 0 unspecified atom stereocenters. The molecule has 0 bridgehead atoms. The fourth-order valence-electron chi connectivity index (χ4n) is 1.25. The largest absolute Gasteiger partial charge is 0.316 e. The molecule has 1 aromatic rings. The third-order valence-corrected chi connectivity index (χ3v) is 2.01. The van der Waals surface area contributed by atoms with Crippen LogP contribution in [0.15, 0.2) is 18.2 Å². The standard InChI is InChI=1S/C11H15F2N/c1-2-6-14-7-5-9-3-4-10(12)8-11(9)13/h3-4,8,14H,2,5-7H2,1H3. The second kappa shape index (κ2) is 5.70. The minimum absolute atomic E-state index is 0.455. The first-order valence-electron chi connectivity index (χ1n) is 4.88. The van der Waals surface area contributed by atoms with Crippen molar-refractivity contribution in [1.82, 2.24) is 5.32 Å². The molecule has 0 fully saturated rings. The van der Waals surface area contributed by atoms with Crippen LogP contribution in [0.1, 0.15) is 18.9 Å². The molecular weight excluding hydrogens is 184 g/mol. The van der Waals surface area contributed by atoms with E-state index in [4.69, 9.17) is 0 Å². The van der Waals surface area contributed by atoms with Crippen LogP contribution in [0.3, 0.4) is 0 Å². The van der Waals surface area contributed by atoms with E-state index in [1.807, 2.05) is 0 Å². The van der Waals surface area contributed by atoms with Crippen LogP contribution in [-0.4, -0.2) is 13.1 Å². The molecular formula is C11H15F2N. The topological polar surface area (TPSA) is 12.0 Å². The Morgan fingerprint density at radius 2 is 2.00 bits per heavy atom. The molecule has 0 aliphatic rings. The van der Waals surface area contributed by atoms with Gasteiger partial charge in [0.15, 0.2) is 0 Å². The van der Waals surface area contributed by atoms with E-state index in [1.54, 1.807) is 0 Å². The van der Waals surface area contributed by atoms with Crippen LogP contribution in [0.5, 0.6) is 0 Å². The Morgan fingerprint density at radius 1 is 1.21 bits per heavy atom. The van der Waals surface area contributed by atoms with Crippen molar-refractivity contribution in [3.8, 4) is 0 Å². The number of hydrogen-bond acceptors (Lipinski definition) is 1. The molecule has 1 aromatic carbocycles. The fourth-order valence-corrected chi connectivity index (χ4v) is 1.25. The van der Waals surface area contributed by atoms with E-state index in [-0.39, 0.29) is 0 Å². The van der Waals surface area contributed by atoms with Crippen molar-refractivity contribution in [2.45, 2.75) is 19.8 Å². The van der Waals surface area contributed by atoms with E-state index in [1.165, 1.54) is 12.1 Å². The van der Waals surface area contributed by atoms with Gasteiger partial charge in [-0.15, -0.1) is 0 Å². The Hall–Kier alpha value is -0.960. The van der Waals surface area contributed by atoms with E-state index >= 15 is 0 Å². The molecule has 0 radical (unpaired) electrons. The Morgan fingerprint density at radius 3 is 2.64 bits per heavy atom. The molecule has 0 heterocycles. The molecule has 0 saturated carbocycles. The van der Waals surface area contributed by atoms with Crippen molar-refractivity contribution in [2.24, 2.45) is 0 Å². The average Bonchev–Trinajstić information content (AvgIpc) is 2.15. The SMILES string of the molecule is CCCNCCc1ccc(F)cc1F. The second-order valence-electron chi connectivity index (χ2n) is 3.24. The fraction of sp³-hybridized carbons (Fsp3) is 0.455. The maximum absolute atomic E-state index is 13.1. The van der Waals surface area contributed by atoms with Crippen LogP contribution in [0.2, 0.25) is 0 Å². The molecule has 0 amide bonds. The van der Waals surface area contributed by atoms with Gasteiger partial charge in [0.1, 0.15) is 11.6 Å². The van der Waals surface area contributed by atoms with Gasteiger partial charge in [-0.3, -0.25) is 0 Å². The summed E-state index contributed by atoms with van der Waals surface area (Å²) in [6, 6.07) is 3.71. The third kappa shape index (κ3) is 3.42. The minimum Gasteiger partial charge on any atom is -0.316 e. The van der Waals surface area contributed by atoms with Gasteiger partial charge in [-0.2, -0.15) is 0 Å². The number of rotatable bonds is 5. The molecule has 1 N–H and O–H groups in total. The predicted octanol–water partition coefficient (Wildman–Crippen LogP) is 2.51. The van der Waals surface area contributed by atoms with Gasteiger partial charge in [-0.25, -0.2) is 8.78 Å². The van der Waals surface area contributed by atoms with Gasteiger partial charge < -0.3 is 5.32 Å². The van der Waals surface area contributed by atoms with Gasteiger partial charge in [0.2, 0.25) is 0 Å². The summed E-state index contributed by atoms with van der Waals surface area (Å²) >= 11 is 0. The smallest absolute Gasteiger partial charge is 0.129 e. The summed E-state index contributed by atoms with van der Waals surface area (Å²) in [5.74, 6) is -0.976. The summed E-state index contributed by atoms with van der Waals surface area (Å²) in [7, 11) is 0. The van der Waals surface area contributed by atoms with E-state index in [0.29, 0.717) is 12.0 Å². The van der Waals surface area contributed by atoms with Crippen LogP contribution >= 0.6 is 0 Å². The lowest BCUT2D eigenvalue weighted by atomic mass is 10.1. The minimum atomic E-state index is -0.521. The predicted molar refractivity (Wildman–Crippen MR) is 53.2 cm³/mol. The second-order valence-corrected chi connectivity index (χ2v) is 3.24. The van der Waals surface area contributed by atoms with Gasteiger partial charge in [-0.05, 0) is 37.6 Å². The van der Waals surface area contributed by atoms with Gasteiger partial charge in [0.25, 0.3) is 0 Å². The molecule has 0 aliphatic carbocycles. The third-order valence-electron chi connectivity index (χ3n) is 2.01. The Labute approximate surface area is 83.1 Å². The van der Waals surface area contributed by atoms with Crippen LogP contribution in [0.25, 0.3) is 0 Å². The summed E-state index contributed by atoms with van der Waals surface area (Å²) in [5.41, 5.74) is 0.565. The number of halogens is 2. The van der Waals surface area contributed by atoms with Crippen LogP contribution < -0.4 is 5.32 Å². The normalized spacial score (nSPS) is 10.5. The molecule has 1 nitrogen and oxygen atoms in total. The summed E-state index contributed by atoms with van der Waals surface area (Å²) in [6.07, 6.45) is 1.66. The monoisotopic (exact) mass is 199 g/mol. The molecule has 0 saturated heterocycles. The van der Waals surface area contributed by atoms with E-state index in [0.717, 1.165) is 25.6 Å². The highest BCUT2D eigenvalue weighted by molar-refractivity contribution is 5.18. The van der Waals surface area contributed by atoms with Gasteiger partial charge in [0.05, 0.1) is 0 Å². The van der Waals surface area contributed by atoms with E-state index < -0.39 is 11.6 Å².